The van der Waals surface area contributed by atoms with Gasteiger partial charge in [-0.15, -0.1) is 21.6 Å². The second-order valence-electron chi connectivity index (χ2n) is 11.1. The predicted molar refractivity (Wildman–Crippen MR) is 202 cm³/mol. The number of halogens is 1. The number of nitrogens with one attached hydrogen (secondary N) is 1. The zero-order valence-corrected chi connectivity index (χ0v) is 31.5. The molecule has 15 heteroatoms. The van der Waals surface area contributed by atoms with Gasteiger partial charge in [-0.05, 0) is 55.0 Å². The van der Waals surface area contributed by atoms with Crippen LogP contribution in [-0.2, 0) is 10.1 Å². The molecule has 11 nitrogen and oxygen atoms in total. The van der Waals surface area contributed by atoms with Gasteiger partial charge in [0.05, 0.1) is 35.3 Å². The van der Waals surface area contributed by atoms with Crippen LogP contribution in [-0.4, -0.2) is 71.6 Å². The number of hydrogen-bond donors (Lipinski definition) is 3. The molecule has 7 aromatic rings. The number of nitrogens with zero attached hydrogens (tertiary/aromatic N) is 4. The van der Waals surface area contributed by atoms with Crippen LogP contribution in [0.25, 0.3) is 42.2 Å². The van der Waals surface area contributed by atoms with Crippen LogP contribution in [0.4, 0.5) is 17.1 Å². The number of anilines is 1. The van der Waals surface area contributed by atoms with Crippen LogP contribution >= 0.6 is 22.9 Å². The van der Waals surface area contributed by atoms with E-state index in [9.17, 15) is 17.8 Å². The molecule has 1 radical (unpaired) electrons. The molecule has 51 heavy (non-hydrogen) atoms. The van der Waals surface area contributed by atoms with Crippen LogP contribution in [0.3, 0.4) is 0 Å². The summed E-state index contributed by atoms with van der Waals surface area (Å²) in [6.07, 6.45) is 3.61. The van der Waals surface area contributed by atoms with E-state index in [-0.39, 0.29) is 62.3 Å². The van der Waals surface area contributed by atoms with Gasteiger partial charge in [0, 0.05) is 73.2 Å². The van der Waals surface area contributed by atoms with Crippen molar-refractivity contribution in [3.8, 4) is 17.0 Å². The molecule has 1 amide bonds. The van der Waals surface area contributed by atoms with Crippen molar-refractivity contribution in [2.75, 3.05) is 18.9 Å². The number of azo groups is 1. The molecule has 0 aliphatic rings. The minimum absolute atomic E-state index is 0. The topological polar surface area (TPSA) is 169 Å². The van der Waals surface area contributed by atoms with Gasteiger partial charge in [0.1, 0.15) is 27.2 Å². The molecular formula is C36H27ClN6NaO5S2. The van der Waals surface area contributed by atoms with E-state index < -0.39 is 10.1 Å². The van der Waals surface area contributed by atoms with E-state index >= 15 is 0 Å². The first kappa shape index (κ1) is 36.3. The maximum absolute atomic E-state index is 12.5. The van der Waals surface area contributed by atoms with Gasteiger partial charge in [0.25, 0.3) is 16.0 Å². The maximum atomic E-state index is 12.5. The van der Waals surface area contributed by atoms with Gasteiger partial charge in [0.15, 0.2) is 0 Å². The summed E-state index contributed by atoms with van der Waals surface area (Å²) in [5.74, 6) is 0.327. The normalized spacial score (nSPS) is 11.6. The number of hydrogen-bond acceptors (Lipinski definition) is 10. The van der Waals surface area contributed by atoms with E-state index in [0.29, 0.717) is 47.7 Å². The van der Waals surface area contributed by atoms with Gasteiger partial charge >= 0.3 is 0 Å². The fourth-order valence-electron chi connectivity index (χ4n) is 5.59. The summed E-state index contributed by atoms with van der Waals surface area (Å²) in [4.78, 5) is 20.9. The third kappa shape index (κ3) is 7.60. The largest absolute Gasteiger partial charge is 0.493 e. The Morgan fingerprint density at radius 2 is 1.69 bits per heavy atom. The number of aromatic nitrogens is 2. The summed E-state index contributed by atoms with van der Waals surface area (Å²) in [5, 5.41) is 14.4. The molecule has 0 saturated carbocycles. The summed E-state index contributed by atoms with van der Waals surface area (Å²) < 4.78 is 42.5. The third-order valence-electron chi connectivity index (χ3n) is 7.96. The average molecular weight is 746 g/mol. The van der Waals surface area contributed by atoms with E-state index in [1.165, 1.54) is 12.3 Å². The number of nitrogen functional groups attached to an aromatic ring is 1. The number of fused-ring (bicyclic) bond motifs is 4. The summed E-state index contributed by atoms with van der Waals surface area (Å²) in [6.45, 7) is 0.700. The minimum Gasteiger partial charge on any atom is -0.493 e. The van der Waals surface area contributed by atoms with Crippen molar-refractivity contribution in [1.82, 2.24) is 15.3 Å². The molecule has 3 heterocycles. The Hall–Kier alpha value is -4.47. The molecule has 0 spiro atoms. The first-order valence-corrected chi connectivity index (χ1v) is 17.9. The zero-order chi connectivity index (χ0) is 34.8. The van der Waals surface area contributed by atoms with Crippen LogP contribution in [0.2, 0.25) is 5.15 Å². The summed E-state index contributed by atoms with van der Waals surface area (Å²) in [7, 11) is -4.55. The molecule has 0 aliphatic carbocycles. The molecule has 251 valence electrons. The number of carbonyl (C=O) groups is 1. The van der Waals surface area contributed by atoms with Crippen LogP contribution in [0.15, 0.2) is 119 Å². The van der Waals surface area contributed by atoms with Gasteiger partial charge in [-0.1, -0.05) is 54.1 Å². The first-order chi connectivity index (χ1) is 24.2. The Bertz CT molecular complexity index is 2560. The van der Waals surface area contributed by atoms with Crippen molar-refractivity contribution in [2.24, 2.45) is 10.2 Å². The standard InChI is InChI=1S/C36H27ClN6O5S2.Na/c37-35-26(10-5-16-39-35)36(44)40-17-6-18-48-29-15-13-25-22-7-3-4-11-30(22)49-34(25)32(29)27-14-12-21(20-41-27)42-43-28-19-31(50(45,46)47)23-8-1-2-9-24(23)33(28)38;/h1-5,7-16,19-20H,6,17-18,38H2,(H,40,44)(H,45,46,47);. The molecule has 0 saturated heterocycles. The fraction of sp³-hybridized carbons (Fsp3) is 0.0833. The fourth-order valence-corrected chi connectivity index (χ4v) is 7.76. The first-order valence-electron chi connectivity index (χ1n) is 15.3. The second-order valence-corrected chi connectivity index (χ2v) is 13.9. The Balaban J connectivity index is 0.00000448. The van der Waals surface area contributed by atoms with Crippen LogP contribution in [0.5, 0.6) is 5.75 Å². The van der Waals surface area contributed by atoms with Crippen molar-refractivity contribution < 1.29 is 22.5 Å². The molecular weight excluding hydrogens is 719 g/mol. The smallest absolute Gasteiger partial charge is 0.295 e. The summed E-state index contributed by atoms with van der Waals surface area (Å²) >= 11 is 7.69. The van der Waals surface area contributed by atoms with E-state index in [1.54, 1.807) is 60.0 Å². The van der Waals surface area contributed by atoms with E-state index in [1.807, 2.05) is 30.3 Å². The predicted octanol–water partition coefficient (Wildman–Crippen LogP) is 8.38. The number of pyridine rings is 2. The molecule has 0 atom stereocenters. The summed E-state index contributed by atoms with van der Waals surface area (Å²) in [6, 6.07) is 26.7. The number of benzene rings is 4. The quantitative estimate of drug-likeness (QED) is 0.0313. The number of rotatable bonds is 10. The van der Waals surface area contributed by atoms with Gasteiger partial charge in [-0.3, -0.25) is 14.3 Å². The molecule has 4 N–H and O–H groups in total. The number of ether oxygens (including phenoxy) is 1. The Morgan fingerprint density at radius 1 is 0.922 bits per heavy atom. The van der Waals surface area contributed by atoms with Crippen LogP contribution in [0, 0.1) is 0 Å². The minimum atomic E-state index is -4.55. The van der Waals surface area contributed by atoms with Gasteiger partial charge in [-0.2, -0.15) is 8.42 Å². The van der Waals surface area contributed by atoms with Crippen molar-refractivity contribution in [1.29, 1.82) is 0 Å². The SMILES string of the molecule is Nc1c(N=Nc2ccc(-c3c(OCCCNC(=O)c4cccnc4Cl)ccc4c3sc3ccccc34)nc2)cc(S(=O)(=O)O)c2ccccc12.[Na]. The average Bonchev–Trinajstić information content (AvgIpc) is 3.50. The number of nitrogens with two attached hydrogens (primary N) is 1. The van der Waals surface area contributed by atoms with Gasteiger partial charge in [-0.25, -0.2) is 4.98 Å². The number of carbonyl (C=O) groups excluding carboxylic acids is 1. The summed E-state index contributed by atoms with van der Waals surface area (Å²) in [5.41, 5.74) is 8.79. The molecule has 3 aromatic heterocycles. The Kier molecular flexibility index (Phi) is 11.0. The molecule has 0 fully saturated rings. The van der Waals surface area contributed by atoms with Crippen molar-refractivity contribution in [3.63, 3.8) is 0 Å². The van der Waals surface area contributed by atoms with E-state index in [0.717, 1.165) is 25.7 Å². The Labute approximate surface area is 323 Å². The molecule has 0 unspecified atom stereocenters. The van der Waals surface area contributed by atoms with E-state index in [2.05, 4.69) is 32.7 Å². The Morgan fingerprint density at radius 3 is 2.43 bits per heavy atom. The second kappa shape index (κ2) is 15.4. The zero-order valence-electron chi connectivity index (χ0n) is 27.1. The van der Waals surface area contributed by atoms with Crippen molar-refractivity contribution in [3.05, 3.63) is 114 Å². The molecule has 7 rings (SSSR count). The van der Waals surface area contributed by atoms with E-state index in [4.69, 9.17) is 27.1 Å². The number of amides is 1. The monoisotopic (exact) mass is 745 g/mol. The van der Waals surface area contributed by atoms with Crippen LogP contribution in [0.1, 0.15) is 16.8 Å². The molecule has 0 aliphatic heterocycles. The number of thiophene rings is 1. The van der Waals surface area contributed by atoms with Crippen LogP contribution < -0.4 is 15.8 Å². The van der Waals surface area contributed by atoms with Crippen molar-refractivity contribution >= 4 is 117 Å². The van der Waals surface area contributed by atoms with Gasteiger partial charge in [0.2, 0.25) is 0 Å². The van der Waals surface area contributed by atoms with Crippen molar-refractivity contribution in [2.45, 2.75) is 11.3 Å². The van der Waals surface area contributed by atoms with Gasteiger partial charge < -0.3 is 15.8 Å². The third-order valence-corrected chi connectivity index (χ3v) is 10.4. The molecule has 0 bridgehead atoms. The maximum Gasteiger partial charge on any atom is 0.295 e. The molecule has 4 aromatic carbocycles.